The number of nitrogens with one attached hydrogen (secondary N) is 1. The van der Waals surface area contributed by atoms with Crippen LogP contribution in [0.25, 0.3) is 0 Å². The molecule has 2 aromatic carbocycles. The first kappa shape index (κ1) is 14.3. The van der Waals surface area contributed by atoms with E-state index < -0.39 is 11.7 Å². The monoisotopic (exact) mass is 292 g/mol. The maximum Gasteiger partial charge on any atom is 0.258 e. The number of rotatable bonds is 3. The van der Waals surface area contributed by atoms with Crippen LogP contribution in [0.1, 0.15) is 22.8 Å². The van der Waals surface area contributed by atoms with Crippen molar-refractivity contribution in [1.29, 1.82) is 0 Å². The number of benzene rings is 2. The Kier molecular flexibility index (Phi) is 4.25. The highest BCUT2D eigenvalue weighted by atomic mass is 35.5. The Morgan fingerprint density at radius 3 is 2.65 bits per heavy atom. The number of hydrogen-bond acceptors (Lipinski definition) is 2. The van der Waals surface area contributed by atoms with Gasteiger partial charge in [0, 0.05) is 16.4 Å². The molecule has 0 fully saturated rings. The number of nitrogen functional groups attached to an aromatic ring is 1. The van der Waals surface area contributed by atoms with Crippen molar-refractivity contribution in [2.24, 2.45) is 0 Å². The van der Waals surface area contributed by atoms with Crippen LogP contribution >= 0.6 is 11.6 Å². The molecule has 0 spiro atoms. The molecule has 0 bridgehead atoms. The summed E-state index contributed by atoms with van der Waals surface area (Å²) in [5, 5.41) is 2.85. The summed E-state index contributed by atoms with van der Waals surface area (Å²) in [7, 11) is 0. The average molecular weight is 293 g/mol. The van der Waals surface area contributed by atoms with E-state index >= 15 is 0 Å². The molecule has 0 saturated carbocycles. The van der Waals surface area contributed by atoms with Crippen LogP contribution in [0.5, 0.6) is 0 Å². The average Bonchev–Trinajstić information content (AvgIpc) is 2.38. The molecular formula is C15H14ClFN2O. The van der Waals surface area contributed by atoms with Gasteiger partial charge >= 0.3 is 0 Å². The van der Waals surface area contributed by atoms with E-state index in [9.17, 15) is 9.18 Å². The molecule has 5 heteroatoms. The highest BCUT2D eigenvalue weighted by Crippen LogP contribution is 2.20. The number of carbonyl (C=O) groups excluding carboxylic acids is 1. The second-order valence-electron chi connectivity index (χ2n) is 4.35. The lowest BCUT2D eigenvalue weighted by Gasteiger charge is -2.09. The Hall–Kier alpha value is -2.07. The number of nitrogens with two attached hydrogens (primary N) is 1. The molecule has 2 rings (SSSR count). The zero-order chi connectivity index (χ0) is 14.7. The Morgan fingerprint density at radius 1 is 1.30 bits per heavy atom. The summed E-state index contributed by atoms with van der Waals surface area (Å²) in [6.07, 6.45) is 0.811. The van der Waals surface area contributed by atoms with E-state index in [-0.39, 0.29) is 10.6 Å². The minimum atomic E-state index is -0.659. The van der Waals surface area contributed by atoms with Gasteiger partial charge in [0.05, 0.1) is 5.56 Å². The van der Waals surface area contributed by atoms with Crippen molar-refractivity contribution in [2.75, 3.05) is 11.1 Å². The lowest BCUT2D eigenvalue weighted by molar-refractivity contribution is 0.102. The van der Waals surface area contributed by atoms with Crippen LogP contribution in [-0.4, -0.2) is 5.91 Å². The van der Waals surface area contributed by atoms with Gasteiger partial charge in [0.2, 0.25) is 0 Å². The van der Waals surface area contributed by atoms with E-state index in [1.165, 1.54) is 12.1 Å². The fourth-order valence-corrected chi connectivity index (χ4v) is 2.03. The molecule has 1 amide bonds. The van der Waals surface area contributed by atoms with Crippen molar-refractivity contribution in [3.05, 3.63) is 58.4 Å². The lowest BCUT2D eigenvalue weighted by Crippen LogP contribution is -2.14. The summed E-state index contributed by atoms with van der Waals surface area (Å²) < 4.78 is 13.6. The van der Waals surface area contributed by atoms with Crippen molar-refractivity contribution in [2.45, 2.75) is 13.3 Å². The van der Waals surface area contributed by atoms with E-state index in [1.807, 2.05) is 13.0 Å². The molecule has 20 heavy (non-hydrogen) atoms. The molecule has 0 unspecified atom stereocenters. The van der Waals surface area contributed by atoms with Gasteiger partial charge in [-0.2, -0.15) is 0 Å². The third kappa shape index (κ3) is 3.08. The maximum absolute atomic E-state index is 13.6. The van der Waals surface area contributed by atoms with Gasteiger partial charge in [-0.3, -0.25) is 4.79 Å². The van der Waals surface area contributed by atoms with Crippen LogP contribution in [0.2, 0.25) is 5.02 Å². The lowest BCUT2D eigenvalue weighted by atomic mass is 10.1. The Balaban J connectivity index is 2.21. The van der Waals surface area contributed by atoms with Gasteiger partial charge < -0.3 is 11.1 Å². The summed E-state index contributed by atoms with van der Waals surface area (Å²) in [6, 6.07) is 9.14. The summed E-state index contributed by atoms with van der Waals surface area (Å²) >= 11 is 5.65. The quantitative estimate of drug-likeness (QED) is 0.844. The minimum Gasteiger partial charge on any atom is -0.398 e. The molecule has 0 heterocycles. The second kappa shape index (κ2) is 5.92. The van der Waals surface area contributed by atoms with Crippen LogP contribution in [-0.2, 0) is 6.42 Å². The van der Waals surface area contributed by atoms with Gasteiger partial charge in [0.1, 0.15) is 5.82 Å². The van der Waals surface area contributed by atoms with Gasteiger partial charge in [-0.25, -0.2) is 4.39 Å². The molecule has 0 aromatic heterocycles. The first-order valence-electron chi connectivity index (χ1n) is 6.16. The molecule has 0 atom stereocenters. The zero-order valence-electron chi connectivity index (χ0n) is 10.9. The van der Waals surface area contributed by atoms with E-state index in [4.69, 9.17) is 17.3 Å². The van der Waals surface area contributed by atoms with Gasteiger partial charge in [0.25, 0.3) is 5.91 Å². The predicted molar refractivity (Wildman–Crippen MR) is 79.6 cm³/mol. The van der Waals surface area contributed by atoms with Crippen LogP contribution in [0.4, 0.5) is 15.8 Å². The van der Waals surface area contributed by atoms with Crippen molar-refractivity contribution in [1.82, 2.24) is 0 Å². The second-order valence-corrected chi connectivity index (χ2v) is 4.78. The molecule has 2 aromatic rings. The molecule has 3 N–H and O–H groups in total. The highest BCUT2D eigenvalue weighted by Gasteiger charge is 2.12. The molecular weight excluding hydrogens is 279 g/mol. The Bertz CT molecular complexity index is 658. The zero-order valence-corrected chi connectivity index (χ0v) is 11.7. The van der Waals surface area contributed by atoms with E-state index in [0.29, 0.717) is 11.4 Å². The fourth-order valence-electron chi connectivity index (χ4n) is 1.87. The number of hydrogen-bond donors (Lipinski definition) is 2. The number of amides is 1. The number of aryl methyl sites for hydroxylation is 1. The number of anilines is 2. The third-order valence-corrected chi connectivity index (χ3v) is 3.20. The largest absolute Gasteiger partial charge is 0.398 e. The van der Waals surface area contributed by atoms with E-state index in [1.54, 1.807) is 12.1 Å². The number of carbonyl (C=O) groups is 1. The molecule has 0 saturated heterocycles. The highest BCUT2D eigenvalue weighted by molar-refractivity contribution is 6.30. The van der Waals surface area contributed by atoms with Gasteiger partial charge in [0.15, 0.2) is 0 Å². The van der Waals surface area contributed by atoms with Gasteiger partial charge in [-0.05, 0) is 42.3 Å². The van der Waals surface area contributed by atoms with Crippen LogP contribution in [0, 0.1) is 5.82 Å². The summed E-state index contributed by atoms with van der Waals surface area (Å²) in [4.78, 5) is 12.0. The number of halogens is 2. The SMILES string of the molecule is CCc1ccc(NC(=O)c2ccc(Cl)cc2F)cc1N. The smallest absolute Gasteiger partial charge is 0.258 e. The Labute approximate surface area is 121 Å². The van der Waals surface area contributed by atoms with Gasteiger partial charge in [-0.15, -0.1) is 0 Å². The third-order valence-electron chi connectivity index (χ3n) is 2.96. The first-order valence-corrected chi connectivity index (χ1v) is 6.54. The van der Waals surface area contributed by atoms with E-state index in [0.717, 1.165) is 18.1 Å². The topological polar surface area (TPSA) is 55.1 Å². The van der Waals surface area contributed by atoms with Crippen LogP contribution in [0.3, 0.4) is 0 Å². The molecule has 104 valence electrons. The molecule has 0 aliphatic rings. The van der Waals surface area contributed by atoms with Gasteiger partial charge in [-0.1, -0.05) is 24.6 Å². The molecule has 3 nitrogen and oxygen atoms in total. The summed E-state index contributed by atoms with van der Waals surface area (Å²) in [6.45, 7) is 1.99. The van der Waals surface area contributed by atoms with Crippen LogP contribution in [0.15, 0.2) is 36.4 Å². The maximum atomic E-state index is 13.6. The fraction of sp³-hybridized carbons (Fsp3) is 0.133. The molecule has 0 aliphatic carbocycles. The summed E-state index contributed by atoms with van der Waals surface area (Å²) in [5.74, 6) is -1.20. The predicted octanol–water partition coefficient (Wildman–Crippen LogP) is 3.88. The Morgan fingerprint density at radius 2 is 2.05 bits per heavy atom. The van der Waals surface area contributed by atoms with Crippen molar-refractivity contribution in [3.63, 3.8) is 0 Å². The normalized spacial score (nSPS) is 10.3. The minimum absolute atomic E-state index is 0.0625. The van der Waals surface area contributed by atoms with Crippen molar-refractivity contribution < 1.29 is 9.18 Å². The standard InChI is InChI=1S/C15H14ClFN2O/c1-2-9-3-5-11(8-14(9)18)19-15(20)12-6-4-10(16)7-13(12)17/h3-8H,2,18H2,1H3,(H,19,20). The van der Waals surface area contributed by atoms with Crippen molar-refractivity contribution >= 4 is 28.9 Å². The first-order chi connectivity index (χ1) is 9.51. The summed E-state index contributed by atoms with van der Waals surface area (Å²) in [5.41, 5.74) is 7.92. The van der Waals surface area contributed by atoms with E-state index in [2.05, 4.69) is 5.32 Å². The molecule has 0 aliphatic heterocycles. The van der Waals surface area contributed by atoms with Crippen LogP contribution < -0.4 is 11.1 Å². The van der Waals surface area contributed by atoms with Crippen molar-refractivity contribution in [3.8, 4) is 0 Å². The molecule has 0 radical (unpaired) electrons.